The third-order valence-corrected chi connectivity index (χ3v) is 8.03. The number of fused-ring (bicyclic) bond motifs is 3. The molecule has 2 aromatic heterocycles. The smallest absolute Gasteiger partial charge is 0.172 e. The largest absolute Gasteiger partial charge is 0.309 e. The monoisotopic (exact) mass is 380 g/mol. The van der Waals surface area contributed by atoms with Gasteiger partial charge in [-0.05, 0) is 12.1 Å². The predicted octanol–water partition coefficient (Wildman–Crippen LogP) is 4.42. The van der Waals surface area contributed by atoms with Crippen LogP contribution in [0.25, 0.3) is 21.8 Å². The van der Waals surface area contributed by atoms with Gasteiger partial charge in [0.25, 0.3) is 0 Å². The summed E-state index contributed by atoms with van der Waals surface area (Å²) in [5, 5.41) is 4.33. The molecule has 0 N–H and O–H groups in total. The van der Waals surface area contributed by atoms with Crippen LogP contribution in [0.15, 0.2) is 103 Å². The molecule has 0 bridgehead atoms. The Bertz CT molecular complexity index is 1290. The quantitative estimate of drug-likeness (QED) is 0.344. The topological polar surface area (TPSA) is 42.9 Å². The van der Waals surface area contributed by atoms with E-state index in [0.717, 1.165) is 37.7 Å². The summed E-state index contributed by atoms with van der Waals surface area (Å²) in [6.07, 6.45) is 3.52. The first-order chi connectivity index (χ1) is 13.8. The molecule has 0 atom stereocenters. The van der Waals surface area contributed by atoms with E-state index in [4.69, 9.17) is 4.98 Å². The summed E-state index contributed by atoms with van der Waals surface area (Å²) in [5.41, 5.74) is 1.69. The third-order valence-electron chi connectivity index (χ3n) is 5.01. The third kappa shape index (κ3) is 2.64. The summed E-state index contributed by atoms with van der Waals surface area (Å²) in [4.78, 5) is 9.18. The van der Waals surface area contributed by atoms with Crippen molar-refractivity contribution < 1.29 is 4.57 Å². The summed E-state index contributed by atoms with van der Waals surface area (Å²) in [7, 11) is -3.02. The van der Waals surface area contributed by atoms with Crippen LogP contribution in [-0.2, 0) is 4.57 Å². The maximum atomic E-state index is 14.5. The van der Waals surface area contributed by atoms with Crippen LogP contribution in [0.2, 0.25) is 0 Å². The van der Waals surface area contributed by atoms with E-state index in [1.807, 2.05) is 91.0 Å². The van der Waals surface area contributed by atoms with Crippen LogP contribution in [-0.4, -0.2) is 9.97 Å². The first-order valence-corrected chi connectivity index (χ1v) is 10.8. The fraction of sp³-hybridized carbons (Fsp3) is 0. The molecule has 0 fully saturated rings. The lowest BCUT2D eigenvalue weighted by Gasteiger charge is -2.20. The van der Waals surface area contributed by atoms with Crippen LogP contribution in [0.5, 0.6) is 0 Å². The molecule has 0 unspecified atom stereocenters. The van der Waals surface area contributed by atoms with Gasteiger partial charge in [-0.1, -0.05) is 78.9 Å². The summed E-state index contributed by atoms with van der Waals surface area (Å²) < 4.78 is 14.5. The summed E-state index contributed by atoms with van der Waals surface area (Å²) in [6, 6.07) is 29.3. The summed E-state index contributed by atoms with van der Waals surface area (Å²) in [5.74, 6) is 0. The molecule has 3 aromatic carbocycles. The lowest BCUT2D eigenvalue weighted by atomic mass is 10.1. The van der Waals surface area contributed by atoms with E-state index in [1.54, 1.807) is 12.4 Å². The van der Waals surface area contributed by atoms with Crippen molar-refractivity contribution in [1.82, 2.24) is 9.97 Å². The first-order valence-electron chi connectivity index (χ1n) is 9.12. The average molecular weight is 380 g/mol. The molecular weight excluding hydrogens is 363 g/mol. The van der Waals surface area contributed by atoms with E-state index >= 15 is 0 Å². The van der Waals surface area contributed by atoms with Gasteiger partial charge in [0.05, 0.1) is 11.0 Å². The maximum Gasteiger partial charge on any atom is 0.172 e. The molecule has 28 heavy (non-hydrogen) atoms. The number of rotatable bonds is 3. The van der Waals surface area contributed by atoms with Gasteiger partial charge < -0.3 is 4.57 Å². The van der Waals surface area contributed by atoms with Gasteiger partial charge >= 0.3 is 0 Å². The number of hydrogen-bond donors (Lipinski definition) is 0. The Morgan fingerprint density at radius 1 is 0.571 bits per heavy atom. The van der Waals surface area contributed by atoms with Crippen molar-refractivity contribution in [2.75, 3.05) is 0 Å². The van der Waals surface area contributed by atoms with Gasteiger partial charge in [0.1, 0.15) is 0 Å². The van der Waals surface area contributed by atoms with Crippen molar-refractivity contribution in [3.05, 3.63) is 103 Å². The highest BCUT2D eigenvalue weighted by atomic mass is 31.2. The van der Waals surface area contributed by atoms with E-state index < -0.39 is 7.14 Å². The Kier molecular flexibility index (Phi) is 4.03. The zero-order chi connectivity index (χ0) is 19.0. The molecule has 3 nitrogen and oxygen atoms in total. The highest BCUT2D eigenvalue weighted by Gasteiger charge is 2.30. The lowest BCUT2D eigenvalue weighted by Crippen LogP contribution is -2.25. The standard InChI is InChI=1S/C24H17N2OP/c27-28(20-9-3-1-4-10-20,21-11-5-2-6-12-21)22-16-19-14-13-18-8-7-15-25-23(18)24(19)26-17-22/h1-17H. The number of aromatic nitrogens is 2. The molecule has 0 saturated heterocycles. The highest BCUT2D eigenvalue weighted by molar-refractivity contribution is 7.85. The molecule has 0 aliphatic rings. The number of hydrogen-bond acceptors (Lipinski definition) is 3. The molecule has 2 heterocycles. The lowest BCUT2D eigenvalue weighted by molar-refractivity contribution is 0.592. The van der Waals surface area contributed by atoms with E-state index in [9.17, 15) is 4.57 Å². The number of benzene rings is 3. The van der Waals surface area contributed by atoms with Crippen LogP contribution >= 0.6 is 7.14 Å². The van der Waals surface area contributed by atoms with Gasteiger partial charge in [-0.25, -0.2) is 0 Å². The fourth-order valence-electron chi connectivity index (χ4n) is 3.62. The Morgan fingerprint density at radius 2 is 1.18 bits per heavy atom. The molecule has 5 rings (SSSR count). The predicted molar refractivity (Wildman–Crippen MR) is 116 cm³/mol. The minimum atomic E-state index is -3.02. The SMILES string of the molecule is O=P(c1ccccc1)(c1ccccc1)c1cnc2c(ccc3cccnc32)c1. The Morgan fingerprint density at radius 3 is 1.86 bits per heavy atom. The second-order valence-electron chi connectivity index (χ2n) is 6.69. The molecule has 0 spiro atoms. The normalized spacial score (nSPS) is 11.7. The van der Waals surface area contributed by atoms with Crippen LogP contribution in [0.1, 0.15) is 0 Å². The molecular formula is C24H17N2OP. The average Bonchev–Trinajstić information content (AvgIpc) is 2.79. The zero-order valence-corrected chi connectivity index (χ0v) is 16.0. The maximum absolute atomic E-state index is 14.5. The second kappa shape index (κ2) is 6.70. The van der Waals surface area contributed by atoms with Crippen molar-refractivity contribution >= 4 is 44.9 Å². The minimum Gasteiger partial charge on any atom is -0.309 e. The van der Waals surface area contributed by atoms with Gasteiger partial charge in [-0.2, -0.15) is 0 Å². The first kappa shape index (κ1) is 16.9. The minimum absolute atomic E-state index is 0.729. The van der Waals surface area contributed by atoms with Gasteiger partial charge in [0, 0.05) is 39.1 Å². The zero-order valence-electron chi connectivity index (χ0n) is 15.1. The van der Waals surface area contributed by atoms with Crippen LogP contribution < -0.4 is 15.9 Å². The molecule has 0 aliphatic heterocycles. The van der Waals surface area contributed by atoms with Crippen molar-refractivity contribution in [3.8, 4) is 0 Å². The van der Waals surface area contributed by atoms with Gasteiger partial charge in [-0.15, -0.1) is 0 Å². The molecule has 0 amide bonds. The highest BCUT2D eigenvalue weighted by Crippen LogP contribution is 2.42. The van der Waals surface area contributed by atoms with E-state index in [-0.39, 0.29) is 0 Å². The number of nitrogens with zero attached hydrogens (tertiary/aromatic N) is 2. The molecule has 0 aliphatic carbocycles. The van der Waals surface area contributed by atoms with E-state index in [0.29, 0.717) is 0 Å². The molecule has 134 valence electrons. The van der Waals surface area contributed by atoms with Crippen molar-refractivity contribution in [2.45, 2.75) is 0 Å². The van der Waals surface area contributed by atoms with Crippen LogP contribution in [0.3, 0.4) is 0 Å². The Balaban J connectivity index is 1.79. The Hall–Kier alpha value is -3.29. The van der Waals surface area contributed by atoms with Crippen LogP contribution in [0.4, 0.5) is 0 Å². The summed E-state index contributed by atoms with van der Waals surface area (Å²) in [6.45, 7) is 0. The molecule has 0 radical (unpaired) electrons. The van der Waals surface area contributed by atoms with E-state index in [1.165, 1.54) is 0 Å². The fourth-order valence-corrected chi connectivity index (χ4v) is 6.24. The van der Waals surface area contributed by atoms with E-state index in [2.05, 4.69) is 4.98 Å². The second-order valence-corrected chi connectivity index (χ2v) is 9.45. The van der Waals surface area contributed by atoms with Crippen molar-refractivity contribution in [1.29, 1.82) is 0 Å². The van der Waals surface area contributed by atoms with Crippen molar-refractivity contribution in [2.24, 2.45) is 0 Å². The number of pyridine rings is 2. The van der Waals surface area contributed by atoms with Crippen LogP contribution in [0, 0.1) is 0 Å². The van der Waals surface area contributed by atoms with Crippen molar-refractivity contribution in [3.63, 3.8) is 0 Å². The molecule has 5 aromatic rings. The summed E-state index contributed by atoms with van der Waals surface area (Å²) >= 11 is 0. The van der Waals surface area contributed by atoms with Gasteiger partial charge in [0.15, 0.2) is 7.14 Å². The van der Waals surface area contributed by atoms with Gasteiger partial charge in [0.2, 0.25) is 0 Å². The Labute approximate surface area is 163 Å². The van der Waals surface area contributed by atoms with Gasteiger partial charge in [-0.3, -0.25) is 9.97 Å². The molecule has 0 saturated carbocycles. The molecule has 4 heteroatoms.